The van der Waals surface area contributed by atoms with Crippen LogP contribution in [0.4, 0.5) is 0 Å². The first-order chi connectivity index (χ1) is 12.2. The molecule has 3 aromatic heterocycles. The standard InChI is InChI=1S/C18H16N4O2S/c1-11-14(22-18(24-11)15-7-4-8-25-15)9-17(23)19-10-16-20-12-5-2-3-6-13(12)21-16/h2-8H,9-10H2,1H3,(H,19,23)(H,20,21). The number of para-hydroxylation sites is 2. The third-order valence-electron chi connectivity index (χ3n) is 3.84. The second kappa shape index (κ2) is 6.52. The molecule has 0 aliphatic rings. The van der Waals surface area contributed by atoms with Crippen molar-refractivity contribution >= 4 is 28.3 Å². The Hall–Kier alpha value is -2.93. The molecule has 0 radical (unpaired) electrons. The van der Waals surface area contributed by atoms with E-state index < -0.39 is 0 Å². The number of aromatic amines is 1. The fourth-order valence-electron chi connectivity index (χ4n) is 2.58. The first kappa shape index (κ1) is 15.6. The SMILES string of the molecule is Cc1oc(-c2cccs2)nc1CC(=O)NCc1nc2ccccc2[nH]1. The summed E-state index contributed by atoms with van der Waals surface area (Å²) >= 11 is 1.56. The number of oxazole rings is 1. The van der Waals surface area contributed by atoms with E-state index in [0.717, 1.165) is 21.7 Å². The third-order valence-corrected chi connectivity index (χ3v) is 4.70. The van der Waals surface area contributed by atoms with Gasteiger partial charge < -0.3 is 14.7 Å². The number of nitrogens with zero attached hydrogens (tertiary/aromatic N) is 2. The summed E-state index contributed by atoms with van der Waals surface area (Å²) in [6.45, 7) is 2.17. The number of carbonyl (C=O) groups excluding carboxylic acids is 1. The molecule has 0 unspecified atom stereocenters. The van der Waals surface area contributed by atoms with Gasteiger partial charge in [0.25, 0.3) is 0 Å². The van der Waals surface area contributed by atoms with Gasteiger partial charge in [0.05, 0.1) is 34.6 Å². The Labute approximate surface area is 147 Å². The van der Waals surface area contributed by atoms with Gasteiger partial charge in [-0.3, -0.25) is 4.79 Å². The molecule has 2 N–H and O–H groups in total. The number of hydrogen-bond donors (Lipinski definition) is 2. The van der Waals surface area contributed by atoms with Crippen LogP contribution in [0.3, 0.4) is 0 Å². The average Bonchev–Trinajstić information content (AvgIpc) is 3.32. The van der Waals surface area contributed by atoms with Crippen molar-refractivity contribution in [3.8, 4) is 10.8 Å². The number of amides is 1. The largest absolute Gasteiger partial charge is 0.440 e. The van der Waals surface area contributed by atoms with Crippen LogP contribution in [-0.2, 0) is 17.8 Å². The first-order valence-corrected chi connectivity index (χ1v) is 8.77. The second-order valence-electron chi connectivity index (χ2n) is 5.65. The average molecular weight is 352 g/mol. The Morgan fingerprint density at radius 3 is 2.92 bits per heavy atom. The summed E-state index contributed by atoms with van der Waals surface area (Å²) in [6, 6.07) is 11.7. The van der Waals surface area contributed by atoms with Crippen LogP contribution in [0.2, 0.25) is 0 Å². The summed E-state index contributed by atoms with van der Waals surface area (Å²) in [5, 5.41) is 4.83. The molecule has 126 valence electrons. The molecule has 0 aliphatic carbocycles. The van der Waals surface area contributed by atoms with Crippen molar-refractivity contribution in [1.29, 1.82) is 0 Å². The van der Waals surface area contributed by atoms with Crippen molar-refractivity contribution in [2.45, 2.75) is 19.9 Å². The number of H-pyrrole nitrogens is 1. The molecule has 7 heteroatoms. The Morgan fingerprint density at radius 1 is 1.24 bits per heavy atom. The Balaban J connectivity index is 1.40. The lowest BCUT2D eigenvalue weighted by Gasteiger charge is -2.01. The van der Waals surface area contributed by atoms with E-state index in [1.54, 1.807) is 11.3 Å². The van der Waals surface area contributed by atoms with E-state index in [1.165, 1.54) is 0 Å². The number of thiophene rings is 1. The highest BCUT2D eigenvalue weighted by Crippen LogP contribution is 2.26. The zero-order valence-corrected chi connectivity index (χ0v) is 14.4. The monoisotopic (exact) mass is 352 g/mol. The number of aromatic nitrogens is 3. The highest BCUT2D eigenvalue weighted by molar-refractivity contribution is 7.13. The minimum absolute atomic E-state index is 0.116. The van der Waals surface area contributed by atoms with Gasteiger partial charge in [0, 0.05) is 0 Å². The summed E-state index contributed by atoms with van der Waals surface area (Å²) in [7, 11) is 0. The molecule has 4 rings (SSSR count). The van der Waals surface area contributed by atoms with Gasteiger partial charge in [-0.15, -0.1) is 11.3 Å². The molecule has 0 fully saturated rings. The number of nitrogens with one attached hydrogen (secondary N) is 2. The summed E-state index contributed by atoms with van der Waals surface area (Å²) in [5.74, 6) is 1.84. The molecule has 6 nitrogen and oxygen atoms in total. The van der Waals surface area contributed by atoms with Gasteiger partial charge in [-0.1, -0.05) is 18.2 Å². The molecule has 25 heavy (non-hydrogen) atoms. The van der Waals surface area contributed by atoms with Crippen LogP contribution in [0.5, 0.6) is 0 Å². The molecular formula is C18H16N4O2S. The molecule has 1 aromatic carbocycles. The van der Waals surface area contributed by atoms with Gasteiger partial charge in [0.2, 0.25) is 11.8 Å². The van der Waals surface area contributed by atoms with Crippen molar-refractivity contribution in [3.05, 3.63) is 59.1 Å². The van der Waals surface area contributed by atoms with Crippen molar-refractivity contribution in [2.75, 3.05) is 0 Å². The topological polar surface area (TPSA) is 83.8 Å². The fourth-order valence-corrected chi connectivity index (χ4v) is 3.23. The summed E-state index contributed by atoms with van der Waals surface area (Å²) in [5.41, 5.74) is 2.50. The van der Waals surface area contributed by atoms with Crippen LogP contribution in [0.15, 0.2) is 46.2 Å². The zero-order chi connectivity index (χ0) is 17.2. The summed E-state index contributed by atoms with van der Waals surface area (Å²) in [4.78, 5) is 25.2. The lowest BCUT2D eigenvalue weighted by atomic mass is 10.2. The van der Waals surface area contributed by atoms with Crippen LogP contribution >= 0.6 is 11.3 Å². The predicted octanol–water partition coefficient (Wildman–Crippen LogP) is 3.45. The maximum Gasteiger partial charge on any atom is 0.236 e. The van der Waals surface area contributed by atoms with Gasteiger partial charge in [-0.25, -0.2) is 9.97 Å². The van der Waals surface area contributed by atoms with Gasteiger partial charge in [0.15, 0.2) is 0 Å². The molecule has 1 amide bonds. The molecule has 0 aliphatic heterocycles. The lowest BCUT2D eigenvalue weighted by Crippen LogP contribution is -2.25. The predicted molar refractivity (Wildman–Crippen MR) is 96.2 cm³/mol. The van der Waals surface area contributed by atoms with E-state index in [0.29, 0.717) is 23.9 Å². The molecular weight excluding hydrogens is 336 g/mol. The van der Waals surface area contributed by atoms with Crippen LogP contribution < -0.4 is 5.32 Å². The number of benzene rings is 1. The number of imidazole rings is 1. The van der Waals surface area contributed by atoms with Gasteiger partial charge >= 0.3 is 0 Å². The van der Waals surface area contributed by atoms with E-state index in [-0.39, 0.29) is 12.3 Å². The van der Waals surface area contributed by atoms with E-state index in [4.69, 9.17) is 4.42 Å². The zero-order valence-electron chi connectivity index (χ0n) is 13.6. The van der Waals surface area contributed by atoms with E-state index in [2.05, 4.69) is 20.3 Å². The highest BCUT2D eigenvalue weighted by Gasteiger charge is 2.15. The number of fused-ring (bicyclic) bond motifs is 1. The number of carbonyl (C=O) groups is 1. The molecule has 4 aromatic rings. The van der Waals surface area contributed by atoms with Crippen molar-refractivity contribution in [3.63, 3.8) is 0 Å². The van der Waals surface area contributed by atoms with E-state index in [9.17, 15) is 4.79 Å². The Kier molecular flexibility index (Phi) is 4.07. The van der Waals surface area contributed by atoms with Crippen molar-refractivity contribution in [2.24, 2.45) is 0 Å². The van der Waals surface area contributed by atoms with Crippen molar-refractivity contribution < 1.29 is 9.21 Å². The van der Waals surface area contributed by atoms with Crippen LogP contribution in [0.1, 0.15) is 17.3 Å². The molecule has 0 saturated carbocycles. The molecule has 0 bridgehead atoms. The minimum Gasteiger partial charge on any atom is -0.440 e. The smallest absolute Gasteiger partial charge is 0.236 e. The summed E-state index contributed by atoms with van der Waals surface area (Å²) in [6.07, 6.45) is 0.181. The van der Waals surface area contributed by atoms with E-state index in [1.807, 2.05) is 48.7 Å². The Bertz CT molecular complexity index is 984. The molecule has 0 atom stereocenters. The minimum atomic E-state index is -0.116. The molecule has 3 heterocycles. The number of hydrogen-bond acceptors (Lipinski definition) is 5. The maximum absolute atomic E-state index is 12.2. The number of aryl methyl sites for hydroxylation is 1. The lowest BCUT2D eigenvalue weighted by molar-refractivity contribution is -0.120. The van der Waals surface area contributed by atoms with Gasteiger partial charge in [0.1, 0.15) is 11.6 Å². The normalized spacial score (nSPS) is 11.1. The Morgan fingerprint density at radius 2 is 2.12 bits per heavy atom. The van der Waals surface area contributed by atoms with Gasteiger partial charge in [-0.2, -0.15) is 0 Å². The molecule has 0 saturated heterocycles. The quantitative estimate of drug-likeness (QED) is 0.576. The molecule has 0 spiro atoms. The second-order valence-corrected chi connectivity index (χ2v) is 6.60. The fraction of sp³-hybridized carbons (Fsp3) is 0.167. The van der Waals surface area contributed by atoms with Gasteiger partial charge in [-0.05, 0) is 30.5 Å². The van der Waals surface area contributed by atoms with E-state index >= 15 is 0 Å². The third kappa shape index (κ3) is 3.32. The maximum atomic E-state index is 12.2. The van der Waals surface area contributed by atoms with Crippen LogP contribution in [0, 0.1) is 6.92 Å². The number of rotatable bonds is 5. The van der Waals surface area contributed by atoms with Crippen molar-refractivity contribution in [1.82, 2.24) is 20.3 Å². The summed E-state index contributed by atoms with van der Waals surface area (Å²) < 4.78 is 5.66. The highest BCUT2D eigenvalue weighted by atomic mass is 32.1. The first-order valence-electron chi connectivity index (χ1n) is 7.89. The van der Waals surface area contributed by atoms with Crippen LogP contribution in [-0.4, -0.2) is 20.9 Å². The van der Waals surface area contributed by atoms with Crippen LogP contribution in [0.25, 0.3) is 21.8 Å².